The summed E-state index contributed by atoms with van der Waals surface area (Å²) in [4.78, 5) is 11.4. The predicted octanol–water partition coefficient (Wildman–Crippen LogP) is 0.221. The second-order valence-corrected chi connectivity index (χ2v) is 4.28. The first-order chi connectivity index (χ1) is 6.83. The van der Waals surface area contributed by atoms with Crippen LogP contribution in [0.5, 0.6) is 0 Å². The van der Waals surface area contributed by atoms with Gasteiger partial charge in [0.15, 0.2) is 0 Å². The van der Waals surface area contributed by atoms with Gasteiger partial charge in [-0.3, -0.25) is 4.79 Å². The summed E-state index contributed by atoms with van der Waals surface area (Å²) in [6.07, 6.45) is 0.568. The van der Waals surface area contributed by atoms with E-state index >= 15 is 0 Å². The highest BCUT2D eigenvalue weighted by Crippen LogP contribution is 2.09. The smallest absolute Gasteiger partial charge is 0.222 e. The van der Waals surface area contributed by atoms with Gasteiger partial charge in [0.05, 0.1) is 6.54 Å². The van der Waals surface area contributed by atoms with Gasteiger partial charge in [0.2, 0.25) is 5.91 Å². The SMILES string of the molecule is CC#CCNC(=O)CC1CSCCN1. The molecule has 1 saturated heterocycles. The van der Waals surface area contributed by atoms with E-state index in [0.717, 1.165) is 18.1 Å². The van der Waals surface area contributed by atoms with Gasteiger partial charge in [0, 0.05) is 30.5 Å². The molecule has 0 radical (unpaired) electrons. The average Bonchev–Trinajstić information content (AvgIpc) is 2.20. The Morgan fingerprint density at radius 2 is 2.57 bits per heavy atom. The number of amides is 1. The largest absolute Gasteiger partial charge is 0.345 e. The maximum Gasteiger partial charge on any atom is 0.222 e. The number of carbonyl (C=O) groups is 1. The number of rotatable bonds is 3. The summed E-state index contributed by atoms with van der Waals surface area (Å²) in [5.74, 6) is 7.83. The first-order valence-electron chi connectivity index (χ1n) is 4.80. The lowest BCUT2D eigenvalue weighted by Gasteiger charge is -2.22. The molecule has 1 atom stereocenters. The molecule has 0 spiro atoms. The fourth-order valence-electron chi connectivity index (χ4n) is 1.28. The highest BCUT2D eigenvalue weighted by Gasteiger charge is 2.15. The van der Waals surface area contributed by atoms with Crippen LogP contribution in [0.25, 0.3) is 0 Å². The first kappa shape index (κ1) is 11.4. The maximum absolute atomic E-state index is 11.4. The van der Waals surface area contributed by atoms with Crippen molar-refractivity contribution >= 4 is 17.7 Å². The van der Waals surface area contributed by atoms with Crippen LogP contribution in [0.2, 0.25) is 0 Å². The van der Waals surface area contributed by atoms with Crippen molar-refractivity contribution in [2.45, 2.75) is 19.4 Å². The lowest BCUT2D eigenvalue weighted by atomic mass is 10.2. The zero-order valence-electron chi connectivity index (χ0n) is 8.43. The molecule has 0 bridgehead atoms. The molecule has 78 valence electrons. The average molecular weight is 212 g/mol. The van der Waals surface area contributed by atoms with Gasteiger partial charge in [0.25, 0.3) is 0 Å². The Morgan fingerprint density at radius 3 is 3.21 bits per heavy atom. The Hall–Kier alpha value is -0.660. The zero-order chi connectivity index (χ0) is 10.2. The third-order valence-corrected chi connectivity index (χ3v) is 3.11. The van der Waals surface area contributed by atoms with Crippen LogP contribution in [0.3, 0.4) is 0 Å². The lowest BCUT2D eigenvalue weighted by Crippen LogP contribution is -2.41. The molecular formula is C10H16N2OS. The monoisotopic (exact) mass is 212 g/mol. The number of hydrogen-bond donors (Lipinski definition) is 2. The fraction of sp³-hybridized carbons (Fsp3) is 0.700. The van der Waals surface area contributed by atoms with Gasteiger partial charge in [-0.15, -0.1) is 5.92 Å². The molecular weight excluding hydrogens is 196 g/mol. The summed E-state index contributed by atoms with van der Waals surface area (Å²) in [6, 6.07) is 0.336. The molecule has 4 heteroatoms. The Labute approximate surface area is 89.4 Å². The minimum Gasteiger partial charge on any atom is -0.345 e. The molecule has 1 aliphatic rings. The van der Waals surface area contributed by atoms with E-state index in [1.807, 2.05) is 11.8 Å². The van der Waals surface area contributed by atoms with Gasteiger partial charge >= 0.3 is 0 Å². The molecule has 1 rings (SSSR count). The Kier molecular flexibility index (Phi) is 5.50. The second kappa shape index (κ2) is 6.74. The van der Waals surface area contributed by atoms with Crippen LogP contribution in [-0.4, -0.2) is 36.5 Å². The van der Waals surface area contributed by atoms with E-state index in [9.17, 15) is 4.79 Å². The molecule has 0 aliphatic carbocycles. The molecule has 0 saturated carbocycles. The van der Waals surface area contributed by atoms with E-state index in [2.05, 4.69) is 22.5 Å². The van der Waals surface area contributed by atoms with Gasteiger partial charge in [-0.25, -0.2) is 0 Å². The summed E-state index contributed by atoms with van der Waals surface area (Å²) in [7, 11) is 0. The van der Waals surface area contributed by atoms with Crippen LogP contribution in [0.4, 0.5) is 0 Å². The van der Waals surface area contributed by atoms with Crippen LogP contribution in [0, 0.1) is 11.8 Å². The van der Waals surface area contributed by atoms with Crippen molar-refractivity contribution in [1.29, 1.82) is 0 Å². The second-order valence-electron chi connectivity index (χ2n) is 3.13. The van der Waals surface area contributed by atoms with E-state index in [-0.39, 0.29) is 5.91 Å². The molecule has 1 heterocycles. The number of thioether (sulfide) groups is 1. The van der Waals surface area contributed by atoms with E-state index < -0.39 is 0 Å². The Morgan fingerprint density at radius 1 is 1.71 bits per heavy atom. The quantitative estimate of drug-likeness (QED) is 0.658. The van der Waals surface area contributed by atoms with Crippen LogP contribution in [-0.2, 0) is 4.79 Å². The summed E-state index contributed by atoms with van der Waals surface area (Å²) >= 11 is 1.90. The first-order valence-corrected chi connectivity index (χ1v) is 5.96. The standard InChI is InChI=1S/C10H16N2OS/c1-2-3-4-12-10(13)7-9-8-14-6-5-11-9/h9,11H,4-8H2,1H3,(H,12,13). The Bertz CT molecular complexity index is 238. The van der Waals surface area contributed by atoms with Gasteiger partial charge in [-0.05, 0) is 6.92 Å². The van der Waals surface area contributed by atoms with E-state index in [0.29, 0.717) is 19.0 Å². The topological polar surface area (TPSA) is 41.1 Å². The Balaban J connectivity index is 2.14. The van der Waals surface area contributed by atoms with Crippen LogP contribution >= 0.6 is 11.8 Å². The normalized spacial score (nSPS) is 20.8. The fourth-order valence-corrected chi connectivity index (χ4v) is 2.23. The number of hydrogen-bond acceptors (Lipinski definition) is 3. The van der Waals surface area contributed by atoms with Crippen molar-refractivity contribution in [2.75, 3.05) is 24.6 Å². The summed E-state index contributed by atoms with van der Waals surface area (Å²) in [6.45, 7) is 3.25. The summed E-state index contributed by atoms with van der Waals surface area (Å²) in [5, 5.41) is 6.09. The molecule has 1 unspecified atom stereocenters. The van der Waals surface area contributed by atoms with Crippen molar-refractivity contribution in [3.63, 3.8) is 0 Å². The van der Waals surface area contributed by atoms with Crippen LogP contribution in [0.15, 0.2) is 0 Å². The molecule has 1 aliphatic heterocycles. The molecule has 0 aromatic carbocycles. The highest BCUT2D eigenvalue weighted by atomic mass is 32.2. The van der Waals surface area contributed by atoms with E-state index in [1.165, 1.54) is 0 Å². The number of nitrogens with one attached hydrogen (secondary N) is 2. The van der Waals surface area contributed by atoms with Gasteiger partial charge in [-0.2, -0.15) is 11.8 Å². The maximum atomic E-state index is 11.4. The van der Waals surface area contributed by atoms with Crippen molar-refractivity contribution in [1.82, 2.24) is 10.6 Å². The molecule has 14 heavy (non-hydrogen) atoms. The van der Waals surface area contributed by atoms with Crippen molar-refractivity contribution in [3.8, 4) is 11.8 Å². The third kappa shape index (κ3) is 4.54. The molecule has 0 aromatic heterocycles. The third-order valence-electron chi connectivity index (χ3n) is 1.98. The molecule has 0 aromatic rings. The van der Waals surface area contributed by atoms with Crippen molar-refractivity contribution < 1.29 is 4.79 Å². The zero-order valence-corrected chi connectivity index (χ0v) is 9.25. The van der Waals surface area contributed by atoms with Crippen molar-refractivity contribution in [3.05, 3.63) is 0 Å². The lowest BCUT2D eigenvalue weighted by molar-refractivity contribution is -0.121. The predicted molar refractivity (Wildman–Crippen MR) is 60.2 cm³/mol. The van der Waals surface area contributed by atoms with Crippen LogP contribution in [0.1, 0.15) is 13.3 Å². The minimum atomic E-state index is 0.0905. The summed E-state index contributed by atoms with van der Waals surface area (Å²) < 4.78 is 0. The van der Waals surface area contributed by atoms with Crippen molar-refractivity contribution in [2.24, 2.45) is 0 Å². The molecule has 1 fully saturated rings. The molecule has 2 N–H and O–H groups in total. The van der Waals surface area contributed by atoms with E-state index in [1.54, 1.807) is 6.92 Å². The van der Waals surface area contributed by atoms with Gasteiger partial charge in [-0.1, -0.05) is 5.92 Å². The van der Waals surface area contributed by atoms with Gasteiger partial charge in [0.1, 0.15) is 0 Å². The number of carbonyl (C=O) groups excluding carboxylic acids is 1. The van der Waals surface area contributed by atoms with E-state index in [4.69, 9.17) is 0 Å². The molecule has 1 amide bonds. The minimum absolute atomic E-state index is 0.0905. The van der Waals surface area contributed by atoms with Crippen LogP contribution < -0.4 is 10.6 Å². The summed E-state index contributed by atoms with van der Waals surface area (Å²) in [5.41, 5.74) is 0. The highest BCUT2D eigenvalue weighted by molar-refractivity contribution is 7.99. The molecule has 3 nitrogen and oxygen atoms in total. The van der Waals surface area contributed by atoms with Gasteiger partial charge < -0.3 is 10.6 Å².